The minimum absolute atomic E-state index is 0.0583. The molecule has 140 valence electrons. The first-order valence-corrected chi connectivity index (χ1v) is 9.06. The molecule has 2 aromatic heterocycles. The van der Waals surface area contributed by atoms with E-state index < -0.39 is 5.91 Å². The first-order valence-electron chi connectivity index (χ1n) is 7.98. The lowest BCUT2D eigenvalue weighted by atomic mass is 10.1. The summed E-state index contributed by atoms with van der Waals surface area (Å²) in [7, 11) is 1.62. The van der Waals surface area contributed by atoms with E-state index in [0.29, 0.717) is 12.2 Å². The van der Waals surface area contributed by atoms with Gasteiger partial charge in [-0.2, -0.15) is 5.10 Å². The highest BCUT2D eigenvalue weighted by atomic mass is 127. The predicted molar refractivity (Wildman–Crippen MR) is 110 cm³/mol. The molecule has 1 aromatic carbocycles. The van der Waals surface area contributed by atoms with E-state index in [4.69, 9.17) is 16.2 Å². The maximum absolute atomic E-state index is 12.3. The Morgan fingerprint density at radius 1 is 1.33 bits per heavy atom. The van der Waals surface area contributed by atoms with E-state index in [1.165, 1.54) is 18.6 Å². The molecule has 0 radical (unpaired) electrons. The van der Waals surface area contributed by atoms with E-state index in [2.05, 4.69) is 43.0 Å². The second kappa shape index (κ2) is 8.31. The molecule has 1 amide bonds. The van der Waals surface area contributed by atoms with Gasteiger partial charge in [-0.1, -0.05) is 0 Å². The highest BCUT2D eigenvalue weighted by molar-refractivity contribution is 14.1. The van der Waals surface area contributed by atoms with Crippen LogP contribution in [0.25, 0.3) is 0 Å². The minimum atomic E-state index is -0.458. The molecule has 9 nitrogen and oxygen atoms in total. The Morgan fingerprint density at radius 3 is 2.81 bits per heavy atom. The number of methoxy groups -OCH3 is 1. The third-order valence-corrected chi connectivity index (χ3v) is 4.48. The average Bonchev–Trinajstić information content (AvgIpc) is 3.10. The first-order chi connectivity index (χ1) is 13.0. The lowest BCUT2D eigenvalue weighted by Gasteiger charge is -2.17. The number of halogens is 1. The third-order valence-electron chi connectivity index (χ3n) is 3.86. The predicted octanol–water partition coefficient (Wildman–Crippen LogP) is 1.67. The fourth-order valence-electron chi connectivity index (χ4n) is 2.58. The van der Waals surface area contributed by atoms with Crippen molar-refractivity contribution in [1.82, 2.24) is 19.7 Å². The van der Waals surface area contributed by atoms with E-state index in [9.17, 15) is 4.79 Å². The van der Waals surface area contributed by atoms with Crippen molar-refractivity contribution in [3.8, 4) is 5.75 Å². The van der Waals surface area contributed by atoms with Gasteiger partial charge in [0.05, 0.1) is 25.0 Å². The fourth-order valence-corrected chi connectivity index (χ4v) is 3.25. The minimum Gasteiger partial charge on any atom is -0.497 e. The molecule has 0 spiro atoms. The van der Waals surface area contributed by atoms with Gasteiger partial charge in [-0.15, -0.1) is 0 Å². The number of anilines is 2. The fraction of sp³-hybridized carbons (Fsp3) is 0.176. The lowest BCUT2D eigenvalue weighted by Crippen LogP contribution is -2.21. The largest absolute Gasteiger partial charge is 0.497 e. The number of carbonyl (C=O) groups excluding carboxylic acids is 1. The number of hydrogen-bond acceptors (Lipinski definition) is 7. The summed E-state index contributed by atoms with van der Waals surface area (Å²) in [5.74, 6) is 0.350. The zero-order valence-corrected chi connectivity index (χ0v) is 16.6. The molecule has 0 aliphatic rings. The number of nitrogens with two attached hydrogens (primary N) is 2. The smallest absolute Gasteiger partial charge is 0.278 e. The second-order valence-electron chi connectivity index (χ2n) is 5.63. The quantitative estimate of drug-likeness (QED) is 0.458. The molecule has 0 aliphatic heterocycles. The Labute approximate surface area is 169 Å². The molecular weight excluding hydrogens is 461 g/mol. The molecular formula is C17H18IN7O2. The van der Waals surface area contributed by atoms with Crippen molar-refractivity contribution < 1.29 is 9.53 Å². The van der Waals surface area contributed by atoms with Gasteiger partial charge >= 0.3 is 0 Å². The van der Waals surface area contributed by atoms with Crippen molar-refractivity contribution in [1.29, 1.82) is 0 Å². The van der Waals surface area contributed by atoms with Crippen molar-refractivity contribution in [2.24, 2.45) is 5.73 Å². The number of hydrogen-bond donors (Lipinski definition) is 3. The summed E-state index contributed by atoms with van der Waals surface area (Å²) in [6.45, 7) is 0.329. The molecule has 5 N–H and O–H groups in total. The Morgan fingerprint density at radius 2 is 2.11 bits per heavy atom. The Hall–Kier alpha value is -2.73. The van der Waals surface area contributed by atoms with Crippen LogP contribution in [0.4, 0.5) is 11.5 Å². The van der Waals surface area contributed by atoms with Crippen LogP contribution in [-0.4, -0.2) is 39.3 Å². The van der Waals surface area contributed by atoms with Crippen LogP contribution in [0, 0.1) is 3.57 Å². The lowest BCUT2D eigenvalue weighted by molar-refractivity contribution is 0.102. The van der Waals surface area contributed by atoms with Crippen molar-refractivity contribution in [3.63, 3.8) is 0 Å². The number of benzene rings is 1. The van der Waals surface area contributed by atoms with Crippen LogP contribution in [-0.2, 0) is 0 Å². The SMILES string of the molecule is COc1cc(I)cc(C(CN)n2cc(NC(=O)c3nccnc3N)cn2)c1. The standard InChI is InChI=1S/C17H18IN7O2/c1-27-13-5-10(4-11(18)6-13)14(7-19)25-9-12(8-23-25)24-17(26)15-16(20)22-3-2-21-15/h2-6,8-9,14H,7,19H2,1H3,(H2,20,22)(H,24,26). The van der Waals surface area contributed by atoms with Crippen LogP contribution in [0.2, 0.25) is 0 Å². The van der Waals surface area contributed by atoms with Gasteiger partial charge in [0.1, 0.15) is 5.75 Å². The van der Waals surface area contributed by atoms with E-state index >= 15 is 0 Å². The summed E-state index contributed by atoms with van der Waals surface area (Å²) in [5, 5.41) is 7.04. The molecule has 2 heterocycles. The number of aromatic nitrogens is 4. The van der Waals surface area contributed by atoms with E-state index in [1.54, 1.807) is 18.0 Å². The highest BCUT2D eigenvalue weighted by Crippen LogP contribution is 2.25. The number of amides is 1. The molecule has 1 atom stereocenters. The topological polar surface area (TPSA) is 134 Å². The molecule has 0 fully saturated rings. The summed E-state index contributed by atoms with van der Waals surface area (Å²) in [6, 6.07) is 5.65. The van der Waals surface area contributed by atoms with Crippen LogP contribution in [0.5, 0.6) is 5.75 Å². The van der Waals surface area contributed by atoms with Crippen molar-refractivity contribution in [3.05, 3.63) is 57.8 Å². The van der Waals surface area contributed by atoms with Crippen molar-refractivity contribution in [2.45, 2.75) is 6.04 Å². The molecule has 3 aromatic rings. The molecule has 3 rings (SSSR count). The normalized spacial score (nSPS) is 11.8. The van der Waals surface area contributed by atoms with E-state index in [-0.39, 0.29) is 17.6 Å². The molecule has 1 unspecified atom stereocenters. The zero-order chi connectivity index (χ0) is 19.4. The zero-order valence-electron chi connectivity index (χ0n) is 14.5. The molecule has 0 aliphatic carbocycles. The Kier molecular flexibility index (Phi) is 5.86. The number of ether oxygens (including phenoxy) is 1. The summed E-state index contributed by atoms with van der Waals surface area (Å²) in [5.41, 5.74) is 13.2. The van der Waals surface area contributed by atoms with E-state index in [0.717, 1.165) is 14.9 Å². The number of rotatable bonds is 6. The monoisotopic (exact) mass is 479 g/mol. The van der Waals surface area contributed by atoms with Crippen LogP contribution in [0.15, 0.2) is 43.0 Å². The number of nitrogens with zero attached hydrogens (tertiary/aromatic N) is 4. The third kappa shape index (κ3) is 4.34. The Balaban J connectivity index is 1.82. The number of nitrogen functional groups attached to an aromatic ring is 1. The maximum Gasteiger partial charge on any atom is 0.278 e. The summed E-state index contributed by atoms with van der Waals surface area (Å²) >= 11 is 2.22. The number of carbonyl (C=O) groups is 1. The molecule has 27 heavy (non-hydrogen) atoms. The van der Waals surface area contributed by atoms with Crippen LogP contribution in [0.1, 0.15) is 22.1 Å². The van der Waals surface area contributed by atoms with Gasteiger partial charge in [0, 0.05) is 28.7 Å². The van der Waals surface area contributed by atoms with Gasteiger partial charge in [-0.05, 0) is 46.4 Å². The van der Waals surface area contributed by atoms with Crippen LogP contribution < -0.4 is 21.5 Å². The maximum atomic E-state index is 12.3. The first kappa shape index (κ1) is 19.0. The van der Waals surface area contributed by atoms with Gasteiger partial charge in [-0.25, -0.2) is 9.97 Å². The summed E-state index contributed by atoms with van der Waals surface area (Å²) in [4.78, 5) is 20.1. The van der Waals surface area contributed by atoms with Gasteiger partial charge in [0.15, 0.2) is 11.5 Å². The molecule has 0 bridgehead atoms. The van der Waals surface area contributed by atoms with Gasteiger partial charge in [0.25, 0.3) is 5.91 Å². The highest BCUT2D eigenvalue weighted by Gasteiger charge is 2.17. The van der Waals surface area contributed by atoms with Gasteiger partial charge < -0.3 is 21.5 Å². The molecule has 10 heteroatoms. The summed E-state index contributed by atoms with van der Waals surface area (Å²) in [6.07, 6.45) is 6.07. The molecule has 0 saturated heterocycles. The Bertz CT molecular complexity index is 960. The van der Waals surface area contributed by atoms with Gasteiger partial charge in [-0.3, -0.25) is 9.48 Å². The summed E-state index contributed by atoms with van der Waals surface area (Å²) < 4.78 is 8.05. The molecule has 0 saturated carbocycles. The average molecular weight is 479 g/mol. The van der Waals surface area contributed by atoms with E-state index in [1.807, 2.05) is 18.2 Å². The van der Waals surface area contributed by atoms with Crippen molar-refractivity contribution >= 4 is 40.0 Å². The van der Waals surface area contributed by atoms with Crippen molar-refractivity contribution in [2.75, 3.05) is 24.7 Å². The van der Waals surface area contributed by atoms with Gasteiger partial charge in [0.2, 0.25) is 0 Å². The van der Waals surface area contributed by atoms with Crippen LogP contribution >= 0.6 is 22.6 Å². The second-order valence-corrected chi connectivity index (χ2v) is 6.87. The number of nitrogens with one attached hydrogen (secondary N) is 1. The van der Waals surface area contributed by atoms with Crippen LogP contribution in [0.3, 0.4) is 0 Å².